The molecule has 0 radical (unpaired) electrons. The molecule has 1 unspecified atom stereocenters. The van der Waals surface area contributed by atoms with E-state index in [1.807, 2.05) is 4.90 Å². The van der Waals surface area contributed by atoms with Crippen LogP contribution >= 0.6 is 0 Å². The number of hydrogen-bond donors (Lipinski definition) is 1. The van der Waals surface area contributed by atoms with Gasteiger partial charge < -0.3 is 19.5 Å². The molecule has 6 nitrogen and oxygen atoms in total. The van der Waals surface area contributed by atoms with Crippen LogP contribution in [0.5, 0.6) is 0 Å². The van der Waals surface area contributed by atoms with Crippen molar-refractivity contribution in [3.05, 3.63) is 0 Å². The first-order valence-electron chi connectivity index (χ1n) is 6.62. The van der Waals surface area contributed by atoms with E-state index < -0.39 is 6.10 Å². The van der Waals surface area contributed by atoms with Crippen molar-refractivity contribution in [2.75, 3.05) is 59.2 Å². The van der Waals surface area contributed by atoms with Crippen LogP contribution in [0.3, 0.4) is 0 Å². The number of hydrogen-bond acceptors (Lipinski definition) is 5. The molecule has 18 heavy (non-hydrogen) atoms. The second-order valence-corrected chi connectivity index (χ2v) is 4.68. The van der Waals surface area contributed by atoms with Crippen LogP contribution in [-0.4, -0.2) is 86.1 Å². The van der Waals surface area contributed by atoms with Gasteiger partial charge in [-0.15, -0.1) is 0 Å². The van der Waals surface area contributed by atoms with E-state index in [2.05, 4.69) is 4.90 Å². The Morgan fingerprint density at radius 2 is 2.11 bits per heavy atom. The van der Waals surface area contributed by atoms with E-state index in [0.717, 1.165) is 26.1 Å². The molecular weight excluding hydrogens is 236 g/mol. The summed E-state index contributed by atoms with van der Waals surface area (Å²) in [6.07, 6.45) is 0.516. The monoisotopic (exact) mass is 258 g/mol. The molecule has 0 saturated carbocycles. The molecule has 0 aromatic heterocycles. The number of β-amino-alcohol motifs (C(OH)–C–C–N with tert-alkyl or cyclic N) is 1. The molecule has 2 aliphatic heterocycles. The first-order chi connectivity index (χ1) is 8.81. The maximum Gasteiger partial charge on any atom is 0.254 e. The Morgan fingerprint density at radius 1 is 1.22 bits per heavy atom. The average molecular weight is 258 g/mol. The molecule has 0 aromatic carbocycles. The van der Waals surface area contributed by atoms with E-state index in [1.165, 1.54) is 0 Å². The largest absolute Gasteiger partial charge is 0.395 e. The molecule has 0 aromatic rings. The van der Waals surface area contributed by atoms with Crippen LogP contribution in [-0.2, 0) is 14.3 Å². The lowest BCUT2D eigenvalue weighted by Crippen LogP contribution is -2.46. The van der Waals surface area contributed by atoms with E-state index in [-0.39, 0.29) is 12.5 Å². The average Bonchev–Trinajstić information content (AvgIpc) is 2.65. The fourth-order valence-corrected chi connectivity index (χ4v) is 2.39. The van der Waals surface area contributed by atoms with Crippen LogP contribution in [0.1, 0.15) is 6.42 Å². The van der Waals surface area contributed by atoms with Crippen LogP contribution in [0.25, 0.3) is 0 Å². The number of ether oxygens (including phenoxy) is 2. The highest BCUT2D eigenvalue weighted by atomic mass is 16.6. The summed E-state index contributed by atoms with van der Waals surface area (Å²) in [5.74, 6) is 0.0422. The van der Waals surface area contributed by atoms with Gasteiger partial charge in [0.15, 0.2) is 6.10 Å². The number of nitrogens with zero attached hydrogens (tertiary/aromatic N) is 2. The molecule has 6 heteroatoms. The molecular formula is C12H22N2O4. The Balaban J connectivity index is 1.82. The van der Waals surface area contributed by atoms with Gasteiger partial charge in [-0.05, 0) is 13.0 Å². The van der Waals surface area contributed by atoms with Gasteiger partial charge in [-0.1, -0.05) is 0 Å². The lowest BCUT2D eigenvalue weighted by atomic mass is 10.3. The van der Waals surface area contributed by atoms with Crippen molar-refractivity contribution >= 4 is 5.91 Å². The topological polar surface area (TPSA) is 62.2 Å². The number of rotatable bonds is 3. The van der Waals surface area contributed by atoms with Gasteiger partial charge in [-0.2, -0.15) is 0 Å². The van der Waals surface area contributed by atoms with E-state index >= 15 is 0 Å². The highest BCUT2D eigenvalue weighted by molar-refractivity contribution is 5.81. The van der Waals surface area contributed by atoms with Gasteiger partial charge in [0.05, 0.1) is 26.4 Å². The van der Waals surface area contributed by atoms with Gasteiger partial charge in [0.25, 0.3) is 5.91 Å². The van der Waals surface area contributed by atoms with E-state index in [1.54, 1.807) is 0 Å². The summed E-state index contributed by atoms with van der Waals surface area (Å²) in [6, 6.07) is 0. The van der Waals surface area contributed by atoms with Crippen molar-refractivity contribution in [3.8, 4) is 0 Å². The van der Waals surface area contributed by atoms with Crippen LogP contribution in [0.2, 0.25) is 0 Å². The SMILES string of the molecule is O=C(C1COCCO1)N1CCCN(CCO)CC1. The summed E-state index contributed by atoms with van der Waals surface area (Å²) in [6.45, 7) is 5.54. The molecule has 2 saturated heterocycles. The van der Waals surface area contributed by atoms with Crippen LogP contribution < -0.4 is 0 Å². The number of aliphatic hydroxyl groups is 1. The van der Waals surface area contributed by atoms with Crippen molar-refractivity contribution < 1.29 is 19.4 Å². The van der Waals surface area contributed by atoms with Gasteiger partial charge in [0.2, 0.25) is 0 Å². The Morgan fingerprint density at radius 3 is 2.83 bits per heavy atom. The summed E-state index contributed by atoms with van der Waals surface area (Å²) in [5, 5.41) is 8.93. The van der Waals surface area contributed by atoms with E-state index in [4.69, 9.17) is 14.6 Å². The van der Waals surface area contributed by atoms with E-state index in [0.29, 0.717) is 32.9 Å². The Hall–Kier alpha value is -0.690. The minimum absolute atomic E-state index is 0.0422. The predicted molar refractivity (Wildman–Crippen MR) is 65.3 cm³/mol. The zero-order valence-electron chi connectivity index (χ0n) is 10.7. The van der Waals surface area contributed by atoms with Crippen molar-refractivity contribution in [2.24, 2.45) is 0 Å². The van der Waals surface area contributed by atoms with Gasteiger partial charge >= 0.3 is 0 Å². The molecule has 104 valence electrons. The Bertz CT molecular complexity index is 269. The molecule has 0 spiro atoms. The molecule has 1 N–H and O–H groups in total. The first kappa shape index (κ1) is 13.7. The van der Waals surface area contributed by atoms with Crippen molar-refractivity contribution in [1.29, 1.82) is 0 Å². The lowest BCUT2D eigenvalue weighted by molar-refractivity contribution is -0.157. The van der Waals surface area contributed by atoms with Crippen LogP contribution in [0, 0.1) is 0 Å². The lowest BCUT2D eigenvalue weighted by Gasteiger charge is -2.28. The van der Waals surface area contributed by atoms with Gasteiger partial charge in [-0.25, -0.2) is 0 Å². The zero-order valence-corrected chi connectivity index (χ0v) is 10.7. The number of carbonyl (C=O) groups is 1. The normalized spacial score (nSPS) is 26.9. The van der Waals surface area contributed by atoms with Gasteiger partial charge in [0.1, 0.15) is 0 Å². The maximum atomic E-state index is 12.2. The molecule has 0 bridgehead atoms. The number of amides is 1. The Kier molecular flexibility index (Phi) is 5.37. The minimum atomic E-state index is -0.428. The zero-order chi connectivity index (χ0) is 12.8. The smallest absolute Gasteiger partial charge is 0.254 e. The molecule has 2 rings (SSSR count). The molecule has 1 amide bonds. The highest BCUT2D eigenvalue weighted by Crippen LogP contribution is 2.09. The quantitative estimate of drug-likeness (QED) is 0.698. The number of aliphatic hydroxyl groups excluding tert-OH is 1. The molecule has 2 heterocycles. The standard InChI is InChI=1S/C12H22N2O4/c15-7-6-13-2-1-3-14(5-4-13)12(16)11-10-17-8-9-18-11/h11,15H,1-10H2. The minimum Gasteiger partial charge on any atom is -0.395 e. The third-order valence-corrected chi connectivity index (χ3v) is 3.41. The number of carbonyl (C=O) groups excluding carboxylic acids is 1. The van der Waals surface area contributed by atoms with Crippen molar-refractivity contribution in [1.82, 2.24) is 9.80 Å². The summed E-state index contributed by atoms with van der Waals surface area (Å²) >= 11 is 0. The van der Waals surface area contributed by atoms with Crippen molar-refractivity contribution in [3.63, 3.8) is 0 Å². The first-order valence-corrected chi connectivity index (χ1v) is 6.62. The second kappa shape index (κ2) is 7.04. The van der Waals surface area contributed by atoms with Crippen molar-refractivity contribution in [2.45, 2.75) is 12.5 Å². The third-order valence-electron chi connectivity index (χ3n) is 3.41. The van der Waals surface area contributed by atoms with Gasteiger partial charge in [-0.3, -0.25) is 9.69 Å². The van der Waals surface area contributed by atoms with Crippen LogP contribution in [0.4, 0.5) is 0 Å². The third kappa shape index (κ3) is 3.65. The molecule has 2 aliphatic rings. The van der Waals surface area contributed by atoms with E-state index in [9.17, 15) is 4.79 Å². The predicted octanol–water partition coefficient (Wildman–Crippen LogP) is -1.07. The molecule has 2 fully saturated rings. The fraction of sp³-hybridized carbons (Fsp3) is 0.917. The maximum absolute atomic E-state index is 12.2. The summed E-state index contributed by atoms with van der Waals surface area (Å²) in [7, 11) is 0. The molecule has 1 atom stereocenters. The van der Waals surface area contributed by atoms with Crippen LogP contribution in [0.15, 0.2) is 0 Å². The summed E-state index contributed by atoms with van der Waals surface area (Å²) in [5.41, 5.74) is 0. The molecule has 0 aliphatic carbocycles. The fourth-order valence-electron chi connectivity index (χ4n) is 2.39. The van der Waals surface area contributed by atoms with Gasteiger partial charge in [0, 0.05) is 26.2 Å². The highest BCUT2D eigenvalue weighted by Gasteiger charge is 2.28. The summed E-state index contributed by atoms with van der Waals surface area (Å²) < 4.78 is 10.7. The summed E-state index contributed by atoms with van der Waals surface area (Å²) in [4.78, 5) is 16.3. The Labute approximate surface area is 107 Å². The second-order valence-electron chi connectivity index (χ2n) is 4.68.